The van der Waals surface area contributed by atoms with E-state index in [9.17, 15) is 0 Å². The van der Waals surface area contributed by atoms with Gasteiger partial charge in [-0.3, -0.25) is 4.98 Å². The number of aryl methyl sites for hydroxylation is 1. The Morgan fingerprint density at radius 3 is 2.69 bits per heavy atom. The molecule has 26 heavy (non-hydrogen) atoms. The third-order valence-corrected chi connectivity index (χ3v) is 5.83. The first-order valence-corrected chi connectivity index (χ1v) is 9.16. The Bertz CT molecular complexity index is 1240. The Morgan fingerprint density at radius 2 is 1.81 bits per heavy atom. The number of benzene rings is 2. The maximum absolute atomic E-state index is 4.63. The van der Waals surface area contributed by atoms with Crippen LogP contribution in [0.15, 0.2) is 79.0 Å². The average molecular weight is 334 g/mol. The minimum absolute atomic E-state index is 0.351. The first-order valence-electron chi connectivity index (χ1n) is 9.16. The Kier molecular flexibility index (Phi) is 2.68. The number of fused-ring (bicyclic) bond motifs is 6. The highest BCUT2D eigenvalue weighted by atomic mass is 15.0. The van der Waals surface area contributed by atoms with Crippen LogP contribution in [0.25, 0.3) is 27.4 Å². The zero-order valence-corrected chi connectivity index (χ0v) is 14.6. The highest BCUT2D eigenvalue weighted by Crippen LogP contribution is 2.50. The van der Waals surface area contributed by atoms with E-state index in [1.54, 1.807) is 0 Å². The Hall–Kier alpha value is -3.13. The normalized spacial score (nSPS) is 20.6. The number of para-hydroxylation sites is 2. The van der Waals surface area contributed by atoms with Crippen molar-refractivity contribution in [3.05, 3.63) is 95.8 Å². The molecule has 0 saturated carbocycles. The highest BCUT2D eigenvalue weighted by molar-refractivity contribution is 6.10. The van der Waals surface area contributed by atoms with Gasteiger partial charge in [-0.05, 0) is 35.8 Å². The van der Waals surface area contributed by atoms with E-state index >= 15 is 0 Å². The van der Waals surface area contributed by atoms with E-state index in [4.69, 9.17) is 0 Å². The van der Waals surface area contributed by atoms with Gasteiger partial charge in [-0.25, -0.2) is 0 Å². The summed E-state index contributed by atoms with van der Waals surface area (Å²) in [6, 6.07) is 20.1. The van der Waals surface area contributed by atoms with Crippen LogP contribution in [0.5, 0.6) is 0 Å². The van der Waals surface area contributed by atoms with E-state index in [0.29, 0.717) is 12.0 Å². The van der Waals surface area contributed by atoms with Gasteiger partial charge >= 0.3 is 0 Å². The second-order valence-corrected chi connectivity index (χ2v) is 7.35. The number of pyridine rings is 1. The number of hydrogen-bond acceptors (Lipinski definition) is 1. The SMILES string of the molecule is Cc1ccc(C2=CC3c4cccc5c6ccccc6n(c45)C3C=C2)nc1. The van der Waals surface area contributed by atoms with Crippen molar-refractivity contribution in [1.82, 2.24) is 9.55 Å². The smallest absolute Gasteiger partial charge is 0.0699 e. The van der Waals surface area contributed by atoms with E-state index in [1.165, 1.54) is 38.5 Å². The van der Waals surface area contributed by atoms with Gasteiger partial charge in [-0.15, -0.1) is 0 Å². The van der Waals surface area contributed by atoms with Crippen molar-refractivity contribution >= 4 is 27.4 Å². The number of aromatic nitrogens is 2. The number of nitrogens with zero attached hydrogens (tertiary/aromatic N) is 2. The van der Waals surface area contributed by atoms with Gasteiger partial charge in [0.1, 0.15) is 0 Å². The molecule has 0 saturated heterocycles. The van der Waals surface area contributed by atoms with Crippen molar-refractivity contribution in [2.75, 3.05) is 0 Å². The maximum Gasteiger partial charge on any atom is 0.0699 e. The summed E-state index contributed by atoms with van der Waals surface area (Å²) in [5.41, 5.74) is 7.62. The third-order valence-electron chi connectivity index (χ3n) is 5.83. The molecule has 0 radical (unpaired) electrons. The minimum Gasteiger partial charge on any atom is -0.332 e. The lowest BCUT2D eigenvalue weighted by atomic mass is 9.86. The highest BCUT2D eigenvalue weighted by Gasteiger charge is 2.35. The van der Waals surface area contributed by atoms with Crippen LogP contribution in [0.1, 0.15) is 28.8 Å². The van der Waals surface area contributed by atoms with Crippen LogP contribution in [-0.4, -0.2) is 9.55 Å². The molecule has 2 aliphatic rings. The first kappa shape index (κ1) is 14.1. The van der Waals surface area contributed by atoms with Crippen LogP contribution >= 0.6 is 0 Å². The van der Waals surface area contributed by atoms with E-state index in [0.717, 1.165) is 5.69 Å². The minimum atomic E-state index is 0.351. The summed E-state index contributed by atoms with van der Waals surface area (Å²) in [7, 11) is 0. The molecule has 2 aromatic carbocycles. The molecule has 0 bridgehead atoms. The molecule has 1 aliphatic heterocycles. The van der Waals surface area contributed by atoms with Crippen molar-refractivity contribution in [3.63, 3.8) is 0 Å². The van der Waals surface area contributed by atoms with Crippen molar-refractivity contribution in [3.8, 4) is 0 Å². The van der Waals surface area contributed by atoms with Crippen LogP contribution in [-0.2, 0) is 0 Å². The molecule has 1 aliphatic carbocycles. The lowest BCUT2D eigenvalue weighted by molar-refractivity contribution is 0.616. The largest absolute Gasteiger partial charge is 0.332 e. The zero-order valence-electron chi connectivity index (χ0n) is 14.6. The topological polar surface area (TPSA) is 17.8 Å². The van der Waals surface area contributed by atoms with E-state index in [1.807, 2.05) is 6.20 Å². The van der Waals surface area contributed by atoms with E-state index in [-0.39, 0.29) is 0 Å². The Morgan fingerprint density at radius 1 is 0.923 bits per heavy atom. The molecule has 3 heterocycles. The summed E-state index contributed by atoms with van der Waals surface area (Å²) >= 11 is 0. The summed E-state index contributed by atoms with van der Waals surface area (Å²) < 4.78 is 2.52. The van der Waals surface area contributed by atoms with E-state index in [2.05, 4.69) is 89.3 Å². The molecule has 0 N–H and O–H groups in total. The van der Waals surface area contributed by atoms with Gasteiger partial charge in [0.2, 0.25) is 0 Å². The quantitative estimate of drug-likeness (QED) is 0.431. The molecule has 2 unspecified atom stereocenters. The van der Waals surface area contributed by atoms with Gasteiger partial charge in [0, 0.05) is 28.4 Å². The molecule has 2 heteroatoms. The Balaban J connectivity index is 1.59. The van der Waals surface area contributed by atoms with Gasteiger partial charge in [0.25, 0.3) is 0 Å². The molecular weight excluding hydrogens is 316 g/mol. The molecule has 0 spiro atoms. The molecule has 6 rings (SSSR count). The van der Waals surface area contributed by atoms with Gasteiger partial charge in [0.15, 0.2) is 0 Å². The second-order valence-electron chi connectivity index (χ2n) is 7.35. The molecule has 2 nitrogen and oxygen atoms in total. The molecule has 0 amide bonds. The third kappa shape index (κ3) is 1.74. The number of rotatable bonds is 1. The second kappa shape index (κ2) is 4.95. The van der Waals surface area contributed by atoms with Gasteiger partial charge in [-0.1, -0.05) is 60.7 Å². The summed E-state index contributed by atoms with van der Waals surface area (Å²) in [5.74, 6) is 0.376. The Labute approximate surface area is 152 Å². The molecular formula is C24H18N2. The summed E-state index contributed by atoms with van der Waals surface area (Å²) in [4.78, 5) is 4.63. The van der Waals surface area contributed by atoms with Crippen LogP contribution in [0.4, 0.5) is 0 Å². The summed E-state index contributed by atoms with van der Waals surface area (Å²) in [6.45, 7) is 2.08. The van der Waals surface area contributed by atoms with Crippen LogP contribution < -0.4 is 0 Å². The van der Waals surface area contributed by atoms with Crippen LogP contribution in [0.2, 0.25) is 0 Å². The molecule has 124 valence electrons. The fourth-order valence-electron chi connectivity index (χ4n) is 4.66. The number of hydrogen-bond donors (Lipinski definition) is 0. The van der Waals surface area contributed by atoms with Gasteiger partial charge in [0.05, 0.1) is 17.3 Å². The van der Waals surface area contributed by atoms with E-state index < -0.39 is 0 Å². The molecule has 2 aromatic heterocycles. The van der Waals surface area contributed by atoms with Crippen molar-refractivity contribution in [2.45, 2.75) is 18.9 Å². The lowest BCUT2D eigenvalue weighted by Crippen LogP contribution is -2.10. The van der Waals surface area contributed by atoms with Crippen molar-refractivity contribution < 1.29 is 0 Å². The van der Waals surface area contributed by atoms with Gasteiger partial charge < -0.3 is 4.57 Å². The zero-order chi connectivity index (χ0) is 17.3. The first-order chi connectivity index (χ1) is 12.8. The van der Waals surface area contributed by atoms with Crippen LogP contribution in [0, 0.1) is 6.92 Å². The predicted octanol–water partition coefficient (Wildman–Crippen LogP) is 5.79. The molecule has 4 aromatic rings. The van der Waals surface area contributed by atoms with Crippen LogP contribution in [0.3, 0.4) is 0 Å². The monoisotopic (exact) mass is 334 g/mol. The summed E-state index contributed by atoms with van der Waals surface area (Å²) in [5, 5.41) is 2.72. The summed E-state index contributed by atoms with van der Waals surface area (Å²) in [6.07, 6.45) is 8.94. The van der Waals surface area contributed by atoms with Crippen molar-refractivity contribution in [1.29, 1.82) is 0 Å². The predicted molar refractivity (Wildman–Crippen MR) is 107 cm³/mol. The molecule has 2 atom stereocenters. The molecule has 0 fully saturated rings. The van der Waals surface area contributed by atoms with Gasteiger partial charge in [-0.2, -0.15) is 0 Å². The lowest BCUT2D eigenvalue weighted by Gasteiger charge is -2.22. The fraction of sp³-hybridized carbons (Fsp3) is 0.125. The van der Waals surface area contributed by atoms with Crippen molar-refractivity contribution in [2.24, 2.45) is 0 Å². The standard InChI is InChI=1S/C24H18N2/c1-15-9-11-21(25-14-15)16-10-12-23-20(13-16)19-7-4-6-18-17-5-2-3-8-22(17)26(23)24(18)19/h2-14,20,23H,1H3. The average Bonchev–Trinajstić information content (AvgIpc) is 3.20. The maximum atomic E-state index is 4.63. The number of allylic oxidation sites excluding steroid dienone is 4. The fourth-order valence-corrected chi connectivity index (χ4v) is 4.66.